The second kappa shape index (κ2) is 14.1. The van der Waals surface area contributed by atoms with Gasteiger partial charge in [0.05, 0.1) is 20.8 Å². The van der Waals surface area contributed by atoms with Gasteiger partial charge in [-0.3, -0.25) is 9.59 Å². The van der Waals surface area contributed by atoms with Crippen LogP contribution in [-0.4, -0.2) is 62.1 Å². The van der Waals surface area contributed by atoms with Gasteiger partial charge in [-0.1, -0.05) is 30.3 Å². The molecule has 0 saturated heterocycles. The van der Waals surface area contributed by atoms with E-state index in [0.29, 0.717) is 36.8 Å². The molecule has 0 aliphatic heterocycles. The van der Waals surface area contributed by atoms with Crippen LogP contribution in [0.3, 0.4) is 0 Å². The van der Waals surface area contributed by atoms with Crippen molar-refractivity contribution in [1.82, 2.24) is 9.80 Å². The van der Waals surface area contributed by atoms with Crippen LogP contribution in [0.2, 0.25) is 0 Å². The monoisotopic (exact) mass is 522 g/mol. The number of hydrogen-bond acceptors (Lipinski definition) is 6. The van der Waals surface area contributed by atoms with Crippen molar-refractivity contribution in [1.29, 1.82) is 0 Å². The maximum absolute atomic E-state index is 13.5. The van der Waals surface area contributed by atoms with E-state index in [1.165, 1.54) is 4.90 Å². The third kappa shape index (κ3) is 8.11. The summed E-state index contributed by atoms with van der Waals surface area (Å²) in [6.07, 6.45) is 2.24. The first-order valence-electron chi connectivity index (χ1n) is 12.0. The summed E-state index contributed by atoms with van der Waals surface area (Å²) < 4.78 is 16.4. The topological polar surface area (TPSA) is 68.3 Å². The Labute approximate surface area is 222 Å². The van der Waals surface area contributed by atoms with Gasteiger partial charge in [-0.2, -0.15) is 0 Å². The second-order valence-corrected chi connectivity index (χ2v) is 9.45. The van der Waals surface area contributed by atoms with Crippen LogP contribution in [0.15, 0.2) is 72.6 Å². The Hall–Kier alpha value is -3.78. The summed E-state index contributed by atoms with van der Waals surface area (Å²) in [4.78, 5) is 30.8. The van der Waals surface area contributed by atoms with Gasteiger partial charge < -0.3 is 24.0 Å². The van der Waals surface area contributed by atoms with Gasteiger partial charge >= 0.3 is 0 Å². The molecular weight excluding hydrogens is 488 g/mol. The molecular formula is C29H34N2O5S. The highest BCUT2D eigenvalue weighted by Crippen LogP contribution is 2.28. The third-order valence-corrected chi connectivity index (χ3v) is 6.92. The maximum atomic E-state index is 13.5. The highest BCUT2D eigenvalue weighted by atomic mass is 32.1. The molecule has 0 bridgehead atoms. The Morgan fingerprint density at radius 3 is 2.38 bits per heavy atom. The Morgan fingerprint density at radius 1 is 0.973 bits per heavy atom. The number of methoxy groups -OCH3 is 2. The first-order chi connectivity index (χ1) is 17.9. The summed E-state index contributed by atoms with van der Waals surface area (Å²) in [5.74, 6) is 1.50. The standard InChI is InChI=1S/C29H34N2O5S/c1-5-15-30(29(33)21-36-24-9-7-6-8-10-24)20-28(32)31(19-27-22(2)14-17-37-27)16-13-23-11-12-25(34-3)26(18-23)35-4/h5-12,14,17-18H,1,13,15-16,19-21H2,2-4H3. The number of carbonyl (C=O) groups is 2. The molecule has 37 heavy (non-hydrogen) atoms. The Morgan fingerprint density at radius 2 is 1.73 bits per heavy atom. The Bertz CT molecular complexity index is 1180. The van der Waals surface area contributed by atoms with E-state index in [2.05, 4.69) is 6.58 Å². The van der Waals surface area contributed by atoms with Crippen LogP contribution in [0.25, 0.3) is 0 Å². The average molecular weight is 523 g/mol. The average Bonchev–Trinajstić information content (AvgIpc) is 3.33. The molecule has 196 valence electrons. The fourth-order valence-electron chi connectivity index (χ4n) is 3.76. The zero-order chi connectivity index (χ0) is 26.6. The van der Waals surface area contributed by atoms with Crippen molar-refractivity contribution in [2.45, 2.75) is 19.9 Å². The number of carbonyl (C=O) groups excluding carboxylic acids is 2. The highest BCUT2D eigenvalue weighted by molar-refractivity contribution is 7.10. The van der Waals surface area contributed by atoms with Crippen LogP contribution in [0.5, 0.6) is 17.2 Å². The fourth-order valence-corrected chi connectivity index (χ4v) is 4.68. The van der Waals surface area contributed by atoms with Crippen LogP contribution in [0.4, 0.5) is 0 Å². The SMILES string of the molecule is C=CCN(CC(=O)N(CCc1ccc(OC)c(OC)c1)Cc1sccc1C)C(=O)COc1ccccc1. The van der Waals surface area contributed by atoms with Crippen LogP contribution in [0.1, 0.15) is 16.0 Å². The summed E-state index contributed by atoms with van der Waals surface area (Å²) >= 11 is 1.62. The summed E-state index contributed by atoms with van der Waals surface area (Å²) in [5.41, 5.74) is 2.16. The predicted molar refractivity (Wildman–Crippen MR) is 146 cm³/mol. The molecule has 0 saturated carbocycles. The molecule has 0 aliphatic rings. The molecule has 2 aromatic carbocycles. The van der Waals surface area contributed by atoms with Crippen molar-refractivity contribution in [3.63, 3.8) is 0 Å². The van der Waals surface area contributed by atoms with E-state index in [0.717, 1.165) is 16.0 Å². The summed E-state index contributed by atoms with van der Waals surface area (Å²) in [7, 11) is 3.20. The molecule has 1 heterocycles. The van der Waals surface area contributed by atoms with Gasteiger partial charge in [0.25, 0.3) is 5.91 Å². The number of hydrogen-bond donors (Lipinski definition) is 0. The summed E-state index contributed by atoms with van der Waals surface area (Å²) in [6, 6.07) is 16.9. The van der Waals surface area contributed by atoms with Gasteiger partial charge in [0, 0.05) is 18.0 Å². The lowest BCUT2D eigenvalue weighted by molar-refractivity contribution is -0.141. The molecule has 7 nitrogen and oxygen atoms in total. The minimum Gasteiger partial charge on any atom is -0.493 e. The number of rotatable bonds is 14. The molecule has 2 amide bonds. The van der Waals surface area contributed by atoms with Gasteiger partial charge in [-0.25, -0.2) is 0 Å². The van der Waals surface area contributed by atoms with Crippen LogP contribution in [0, 0.1) is 6.92 Å². The fraction of sp³-hybridized carbons (Fsp3) is 0.310. The molecule has 1 aromatic heterocycles. The largest absolute Gasteiger partial charge is 0.493 e. The molecule has 0 aliphatic carbocycles. The normalized spacial score (nSPS) is 10.5. The highest BCUT2D eigenvalue weighted by Gasteiger charge is 2.22. The van der Waals surface area contributed by atoms with Crippen molar-refractivity contribution in [3.05, 3.63) is 88.6 Å². The number of benzene rings is 2. The van der Waals surface area contributed by atoms with Crippen molar-refractivity contribution < 1.29 is 23.8 Å². The van der Waals surface area contributed by atoms with Gasteiger partial charge in [-0.15, -0.1) is 17.9 Å². The summed E-state index contributed by atoms with van der Waals surface area (Å²) in [5, 5.41) is 2.02. The van der Waals surface area contributed by atoms with E-state index < -0.39 is 0 Å². The number of para-hydroxylation sites is 1. The molecule has 0 spiro atoms. The minimum atomic E-state index is -0.274. The number of thiophene rings is 1. The van der Waals surface area contributed by atoms with Crippen molar-refractivity contribution in [3.8, 4) is 17.2 Å². The Balaban J connectivity index is 1.71. The minimum absolute atomic E-state index is 0.0562. The predicted octanol–water partition coefficient (Wildman–Crippen LogP) is 4.74. The molecule has 0 fully saturated rings. The van der Waals surface area contributed by atoms with E-state index in [9.17, 15) is 9.59 Å². The lowest BCUT2D eigenvalue weighted by Crippen LogP contribution is -2.44. The maximum Gasteiger partial charge on any atom is 0.261 e. The first kappa shape index (κ1) is 27.8. The van der Waals surface area contributed by atoms with Gasteiger partial charge in [0.1, 0.15) is 12.3 Å². The first-order valence-corrected chi connectivity index (χ1v) is 12.9. The third-order valence-electron chi connectivity index (χ3n) is 5.91. The van der Waals surface area contributed by atoms with Gasteiger partial charge in [-0.05, 0) is 60.2 Å². The zero-order valence-electron chi connectivity index (χ0n) is 21.6. The molecule has 8 heteroatoms. The molecule has 0 radical (unpaired) electrons. The second-order valence-electron chi connectivity index (χ2n) is 8.45. The lowest BCUT2D eigenvalue weighted by atomic mass is 10.1. The molecule has 0 N–H and O–H groups in total. The van der Waals surface area contributed by atoms with E-state index >= 15 is 0 Å². The van der Waals surface area contributed by atoms with E-state index in [-0.39, 0.29) is 31.5 Å². The number of amides is 2. The zero-order valence-corrected chi connectivity index (χ0v) is 22.5. The molecule has 3 aromatic rings. The van der Waals surface area contributed by atoms with E-state index in [4.69, 9.17) is 14.2 Å². The van der Waals surface area contributed by atoms with Crippen molar-refractivity contribution in [2.75, 3.05) is 40.5 Å². The van der Waals surface area contributed by atoms with E-state index in [1.807, 2.05) is 54.8 Å². The number of aryl methyl sites for hydroxylation is 1. The molecule has 0 atom stereocenters. The summed E-state index contributed by atoms with van der Waals surface area (Å²) in [6.45, 7) is 6.80. The Kier molecular flexibility index (Phi) is 10.6. The van der Waals surface area contributed by atoms with Crippen LogP contribution < -0.4 is 14.2 Å². The number of ether oxygens (including phenoxy) is 3. The molecule has 3 rings (SSSR count). The smallest absolute Gasteiger partial charge is 0.261 e. The van der Waals surface area contributed by atoms with Crippen molar-refractivity contribution in [2.24, 2.45) is 0 Å². The van der Waals surface area contributed by atoms with Crippen LogP contribution in [-0.2, 0) is 22.6 Å². The van der Waals surface area contributed by atoms with Crippen molar-refractivity contribution >= 4 is 23.2 Å². The molecule has 0 unspecified atom stereocenters. The quantitative estimate of drug-likeness (QED) is 0.286. The lowest BCUT2D eigenvalue weighted by Gasteiger charge is -2.27. The van der Waals surface area contributed by atoms with Gasteiger partial charge in [0.2, 0.25) is 5.91 Å². The van der Waals surface area contributed by atoms with E-state index in [1.54, 1.807) is 48.7 Å². The van der Waals surface area contributed by atoms with Crippen LogP contribution >= 0.6 is 11.3 Å². The number of nitrogens with zero attached hydrogens (tertiary/aromatic N) is 2. The van der Waals surface area contributed by atoms with Gasteiger partial charge in [0.15, 0.2) is 18.1 Å².